The fourth-order valence-corrected chi connectivity index (χ4v) is 3.68. The average Bonchev–Trinajstić information content (AvgIpc) is 2.66. The van der Waals surface area contributed by atoms with E-state index in [2.05, 4.69) is 5.32 Å². The topological polar surface area (TPSA) is 81.5 Å². The number of hydrogen-bond donors (Lipinski definition) is 1. The van der Waals surface area contributed by atoms with Crippen LogP contribution in [0.4, 0.5) is 17.6 Å². The van der Waals surface area contributed by atoms with Crippen LogP contribution < -0.4 is 5.32 Å². The van der Waals surface area contributed by atoms with Crippen molar-refractivity contribution in [2.75, 3.05) is 7.11 Å². The lowest BCUT2D eigenvalue weighted by atomic mass is 9.82. The summed E-state index contributed by atoms with van der Waals surface area (Å²) >= 11 is 6.09. The molecule has 6 nitrogen and oxygen atoms in total. The van der Waals surface area contributed by atoms with Crippen molar-refractivity contribution in [3.8, 4) is 0 Å². The van der Waals surface area contributed by atoms with Crippen LogP contribution in [0.1, 0.15) is 24.0 Å². The van der Waals surface area contributed by atoms with Crippen molar-refractivity contribution < 1.29 is 32.0 Å². The molecule has 0 amide bonds. The van der Waals surface area contributed by atoms with Crippen LogP contribution in [0.25, 0.3) is 5.70 Å². The number of carbonyl (C=O) groups is 1. The van der Waals surface area contributed by atoms with Crippen LogP contribution in [0.15, 0.2) is 47.3 Å². The number of nitrogens with one attached hydrogen (secondary N) is 1. The molecule has 0 saturated heterocycles. The van der Waals surface area contributed by atoms with E-state index in [-0.39, 0.29) is 21.9 Å². The van der Waals surface area contributed by atoms with E-state index in [1.807, 2.05) is 0 Å². The molecule has 1 aliphatic heterocycles. The van der Waals surface area contributed by atoms with Crippen LogP contribution >= 0.6 is 11.6 Å². The summed E-state index contributed by atoms with van der Waals surface area (Å²) in [6, 6.07) is 3.67. The van der Waals surface area contributed by atoms with Crippen molar-refractivity contribution in [1.82, 2.24) is 5.32 Å². The highest BCUT2D eigenvalue weighted by atomic mass is 35.5. The predicted molar refractivity (Wildman–Crippen MR) is 102 cm³/mol. The van der Waals surface area contributed by atoms with Gasteiger partial charge in [0.05, 0.1) is 23.2 Å². The molecule has 0 bridgehead atoms. The Labute approximate surface area is 177 Å². The van der Waals surface area contributed by atoms with E-state index < -0.39 is 57.0 Å². The quantitative estimate of drug-likeness (QED) is 0.313. The molecule has 0 saturated carbocycles. The van der Waals surface area contributed by atoms with Crippen LogP contribution in [0.2, 0.25) is 5.02 Å². The summed E-state index contributed by atoms with van der Waals surface area (Å²) in [5.41, 5.74) is -2.77. The molecule has 31 heavy (non-hydrogen) atoms. The fraction of sp³-hybridized carbons (Fsp3) is 0.150. The Morgan fingerprint density at radius 3 is 2.26 bits per heavy atom. The second-order valence-electron chi connectivity index (χ2n) is 6.52. The average molecular weight is 457 g/mol. The van der Waals surface area contributed by atoms with Gasteiger partial charge in [-0.25, -0.2) is 22.4 Å². The smallest absolute Gasteiger partial charge is 0.336 e. The van der Waals surface area contributed by atoms with Crippen molar-refractivity contribution in [2.45, 2.75) is 12.8 Å². The molecule has 0 aliphatic carbocycles. The van der Waals surface area contributed by atoms with Crippen molar-refractivity contribution in [3.05, 3.63) is 96.8 Å². The summed E-state index contributed by atoms with van der Waals surface area (Å²) in [7, 11) is 1.04. The third-order valence-corrected chi connectivity index (χ3v) is 4.99. The normalized spacial score (nSPS) is 16.3. The number of esters is 1. The molecule has 3 rings (SSSR count). The zero-order valence-corrected chi connectivity index (χ0v) is 16.7. The molecule has 1 N–H and O–H groups in total. The van der Waals surface area contributed by atoms with Gasteiger partial charge in [0, 0.05) is 22.9 Å². The lowest BCUT2D eigenvalue weighted by Gasteiger charge is -2.28. The number of nitro groups is 1. The number of rotatable bonds is 4. The fourth-order valence-electron chi connectivity index (χ4n) is 3.40. The number of hydrogen-bond acceptors (Lipinski definition) is 5. The largest absolute Gasteiger partial charge is 0.466 e. The maximum absolute atomic E-state index is 14.5. The standard InChI is InChI=1S/C20H13ClF4N2O4/c1-8-15(20(28)31-2)16(11-4-3-9(22)5-12(11)21)19(27(29)30)18(26-8)17-13(24)6-10(23)7-14(17)25/h3-7,16,26H,1-2H3. The van der Waals surface area contributed by atoms with Crippen molar-refractivity contribution >= 4 is 23.3 Å². The molecule has 11 heteroatoms. The second kappa shape index (κ2) is 8.38. The van der Waals surface area contributed by atoms with Gasteiger partial charge in [-0.1, -0.05) is 17.7 Å². The third kappa shape index (κ3) is 3.98. The van der Waals surface area contributed by atoms with Gasteiger partial charge in [0.15, 0.2) is 0 Å². The summed E-state index contributed by atoms with van der Waals surface area (Å²) < 4.78 is 60.6. The number of allylic oxidation sites excluding steroid dienone is 2. The summed E-state index contributed by atoms with van der Waals surface area (Å²) in [5.74, 6) is -7.33. The summed E-state index contributed by atoms with van der Waals surface area (Å²) in [6.45, 7) is 1.33. The Hall–Kier alpha value is -3.40. The summed E-state index contributed by atoms with van der Waals surface area (Å²) in [4.78, 5) is 23.5. The van der Waals surface area contributed by atoms with Gasteiger partial charge in [-0.15, -0.1) is 0 Å². The minimum absolute atomic E-state index is 0.0269. The maximum Gasteiger partial charge on any atom is 0.336 e. The lowest BCUT2D eigenvalue weighted by molar-refractivity contribution is -0.428. The Balaban J connectivity index is 2.41. The molecule has 0 fully saturated rings. The molecular formula is C20H13ClF4N2O4. The first kappa shape index (κ1) is 22.3. The summed E-state index contributed by atoms with van der Waals surface area (Å²) in [6.07, 6.45) is 0. The maximum atomic E-state index is 14.5. The molecule has 1 aliphatic rings. The Bertz CT molecular complexity index is 1160. The van der Waals surface area contributed by atoms with Crippen LogP contribution in [0, 0.1) is 33.4 Å². The molecule has 1 atom stereocenters. The highest BCUT2D eigenvalue weighted by molar-refractivity contribution is 6.31. The van der Waals surface area contributed by atoms with E-state index >= 15 is 0 Å². The van der Waals surface area contributed by atoms with Gasteiger partial charge < -0.3 is 10.1 Å². The van der Waals surface area contributed by atoms with Crippen LogP contribution in [0.3, 0.4) is 0 Å². The van der Waals surface area contributed by atoms with E-state index in [0.29, 0.717) is 12.1 Å². The summed E-state index contributed by atoms with van der Waals surface area (Å²) in [5, 5.41) is 14.2. The molecule has 1 unspecified atom stereocenters. The monoisotopic (exact) mass is 456 g/mol. The zero-order chi connectivity index (χ0) is 23.0. The van der Waals surface area contributed by atoms with Gasteiger partial charge in [0.1, 0.15) is 34.9 Å². The first-order valence-electron chi connectivity index (χ1n) is 8.61. The number of ether oxygens (including phenoxy) is 1. The number of carbonyl (C=O) groups excluding carboxylic acids is 1. The lowest BCUT2D eigenvalue weighted by Crippen LogP contribution is -2.32. The van der Waals surface area contributed by atoms with Crippen LogP contribution in [-0.4, -0.2) is 18.0 Å². The van der Waals surface area contributed by atoms with Crippen molar-refractivity contribution in [2.24, 2.45) is 0 Å². The van der Waals surface area contributed by atoms with Gasteiger partial charge in [-0.2, -0.15) is 0 Å². The molecule has 1 heterocycles. The number of methoxy groups -OCH3 is 1. The molecule has 0 spiro atoms. The first-order valence-corrected chi connectivity index (χ1v) is 8.99. The van der Waals surface area contributed by atoms with Gasteiger partial charge >= 0.3 is 5.97 Å². The van der Waals surface area contributed by atoms with E-state index in [4.69, 9.17) is 16.3 Å². The highest BCUT2D eigenvalue weighted by Crippen LogP contribution is 2.44. The van der Waals surface area contributed by atoms with E-state index in [1.54, 1.807) is 0 Å². The van der Waals surface area contributed by atoms with Gasteiger partial charge in [-0.3, -0.25) is 10.1 Å². The van der Waals surface area contributed by atoms with Crippen molar-refractivity contribution in [3.63, 3.8) is 0 Å². The Morgan fingerprint density at radius 2 is 1.74 bits per heavy atom. The number of benzene rings is 2. The van der Waals surface area contributed by atoms with Crippen LogP contribution in [0.5, 0.6) is 0 Å². The highest BCUT2D eigenvalue weighted by Gasteiger charge is 2.44. The number of halogens is 5. The van der Waals surface area contributed by atoms with Gasteiger partial charge in [-0.05, 0) is 24.6 Å². The first-order chi connectivity index (χ1) is 14.6. The molecule has 162 valence electrons. The Kier molecular flexibility index (Phi) is 6.03. The molecule has 2 aromatic carbocycles. The van der Waals surface area contributed by atoms with Gasteiger partial charge in [0.2, 0.25) is 0 Å². The van der Waals surface area contributed by atoms with E-state index in [1.165, 1.54) is 6.92 Å². The third-order valence-electron chi connectivity index (χ3n) is 4.67. The number of nitrogens with zero attached hydrogens (tertiary/aromatic N) is 1. The molecular weight excluding hydrogens is 444 g/mol. The molecule has 0 aromatic heterocycles. The minimum atomic E-state index is -1.57. The van der Waals surface area contributed by atoms with E-state index in [9.17, 15) is 32.5 Å². The second-order valence-corrected chi connectivity index (χ2v) is 6.92. The van der Waals surface area contributed by atoms with Crippen LogP contribution in [-0.2, 0) is 9.53 Å². The molecule has 0 radical (unpaired) electrons. The van der Waals surface area contributed by atoms with Gasteiger partial charge in [0.25, 0.3) is 5.70 Å². The van der Waals surface area contributed by atoms with E-state index in [0.717, 1.165) is 25.3 Å². The number of dihydropyridines is 1. The zero-order valence-electron chi connectivity index (χ0n) is 15.9. The predicted octanol–water partition coefficient (Wildman–Crippen LogP) is 4.68. The Morgan fingerprint density at radius 1 is 1.13 bits per heavy atom. The van der Waals surface area contributed by atoms with Crippen molar-refractivity contribution in [1.29, 1.82) is 0 Å². The minimum Gasteiger partial charge on any atom is -0.466 e. The SMILES string of the molecule is COC(=O)C1=C(C)NC(c2c(F)cc(F)cc2F)=C([N+](=O)[O-])C1c1ccc(F)cc1Cl. The molecule has 2 aromatic rings.